The number of thiophene rings is 1. The zero-order valence-corrected chi connectivity index (χ0v) is 16.8. The molecule has 1 atom stereocenters. The standard InChI is InChI=1S/C20H21F3N4OS/c1-12-15(17-7-8-25-27(17)2)10-18(29-12)19(28)26-14(11-24)9-13-5-3-4-6-16(13)20(21,22)23/h3-8,10,14H,9,11,24H2,1-2H3,(H,26,28). The Hall–Kier alpha value is -2.65. The van der Waals surface area contributed by atoms with Crippen molar-refractivity contribution >= 4 is 17.2 Å². The van der Waals surface area contributed by atoms with Crippen LogP contribution in [0.4, 0.5) is 13.2 Å². The van der Waals surface area contributed by atoms with E-state index in [4.69, 9.17) is 5.73 Å². The predicted molar refractivity (Wildman–Crippen MR) is 107 cm³/mol. The third-order valence-corrected chi connectivity index (χ3v) is 5.70. The monoisotopic (exact) mass is 422 g/mol. The zero-order chi connectivity index (χ0) is 21.2. The highest BCUT2D eigenvalue weighted by molar-refractivity contribution is 7.14. The Kier molecular flexibility index (Phi) is 6.09. The summed E-state index contributed by atoms with van der Waals surface area (Å²) < 4.78 is 41.4. The van der Waals surface area contributed by atoms with Crippen molar-refractivity contribution in [2.24, 2.45) is 12.8 Å². The van der Waals surface area contributed by atoms with Gasteiger partial charge in [-0.05, 0) is 37.1 Å². The van der Waals surface area contributed by atoms with Crippen LogP contribution in [0.15, 0.2) is 42.6 Å². The first-order chi connectivity index (χ1) is 13.7. The molecule has 0 fully saturated rings. The Bertz CT molecular complexity index is 1010. The van der Waals surface area contributed by atoms with Crippen LogP contribution >= 0.6 is 11.3 Å². The second kappa shape index (κ2) is 8.38. The van der Waals surface area contributed by atoms with E-state index in [9.17, 15) is 18.0 Å². The molecule has 0 aliphatic rings. The number of hydrogen-bond donors (Lipinski definition) is 2. The minimum Gasteiger partial charge on any atom is -0.347 e. The average Bonchev–Trinajstić information content (AvgIpc) is 3.25. The average molecular weight is 422 g/mol. The molecule has 0 saturated carbocycles. The summed E-state index contributed by atoms with van der Waals surface area (Å²) in [7, 11) is 1.81. The molecule has 3 aromatic rings. The molecule has 1 aromatic carbocycles. The number of nitrogens with zero attached hydrogens (tertiary/aromatic N) is 2. The van der Waals surface area contributed by atoms with Crippen LogP contribution in [0, 0.1) is 6.92 Å². The molecule has 3 rings (SSSR count). The fraction of sp³-hybridized carbons (Fsp3) is 0.300. The first-order valence-corrected chi connectivity index (χ1v) is 9.77. The van der Waals surface area contributed by atoms with Gasteiger partial charge in [0.1, 0.15) is 0 Å². The van der Waals surface area contributed by atoms with Gasteiger partial charge in [0.2, 0.25) is 0 Å². The van der Waals surface area contributed by atoms with E-state index in [1.54, 1.807) is 23.0 Å². The summed E-state index contributed by atoms with van der Waals surface area (Å²) in [5, 5.41) is 6.90. The zero-order valence-electron chi connectivity index (χ0n) is 16.0. The Morgan fingerprint density at radius 1 is 1.31 bits per heavy atom. The third-order valence-electron chi connectivity index (χ3n) is 4.65. The molecule has 2 aromatic heterocycles. The Morgan fingerprint density at radius 2 is 2.03 bits per heavy atom. The SMILES string of the molecule is Cc1sc(C(=O)NC(CN)Cc2ccccc2C(F)(F)F)cc1-c1ccnn1C. The molecule has 0 bridgehead atoms. The number of rotatable bonds is 6. The highest BCUT2D eigenvalue weighted by Crippen LogP contribution is 2.33. The molecule has 2 heterocycles. The van der Waals surface area contributed by atoms with Gasteiger partial charge in [0.05, 0.1) is 16.1 Å². The van der Waals surface area contributed by atoms with Gasteiger partial charge in [-0.1, -0.05) is 18.2 Å². The molecule has 0 aliphatic heterocycles. The maximum absolute atomic E-state index is 13.2. The smallest absolute Gasteiger partial charge is 0.347 e. The lowest BCUT2D eigenvalue weighted by molar-refractivity contribution is -0.138. The number of aryl methyl sites for hydroxylation is 2. The van der Waals surface area contributed by atoms with E-state index < -0.39 is 17.8 Å². The number of benzene rings is 1. The van der Waals surface area contributed by atoms with Crippen LogP contribution in [0.1, 0.15) is 25.7 Å². The first kappa shape index (κ1) is 21.1. The summed E-state index contributed by atoms with van der Waals surface area (Å²) >= 11 is 1.32. The number of nitrogens with two attached hydrogens (primary N) is 1. The van der Waals surface area contributed by atoms with Gasteiger partial charge in [0.15, 0.2) is 0 Å². The van der Waals surface area contributed by atoms with Gasteiger partial charge in [-0.25, -0.2) is 0 Å². The highest BCUT2D eigenvalue weighted by Gasteiger charge is 2.33. The van der Waals surface area contributed by atoms with Gasteiger partial charge in [-0.3, -0.25) is 9.48 Å². The van der Waals surface area contributed by atoms with E-state index in [2.05, 4.69) is 10.4 Å². The molecule has 1 unspecified atom stereocenters. The van der Waals surface area contributed by atoms with Crippen molar-refractivity contribution in [2.75, 3.05) is 6.54 Å². The quantitative estimate of drug-likeness (QED) is 0.635. The van der Waals surface area contributed by atoms with Crippen molar-refractivity contribution in [3.63, 3.8) is 0 Å². The number of alkyl halides is 3. The van der Waals surface area contributed by atoms with Gasteiger partial charge in [0.25, 0.3) is 5.91 Å². The normalized spacial score (nSPS) is 12.8. The van der Waals surface area contributed by atoms with Crippen molar-refractivity contribution in [1.29, 1.82) is 0 Å². The molecule has 5 nitrogen and oxygen atoms in total. The molecule has 29 heavy (non-hydrogen) atoms. The van der Waals surface area contributed by atoms with Gasteiger partial charge in [-0.2, -0.15) is 18.3 Å². The predicted octanol–water partition coefficient (Wildman–Crippen LogP) is 3.78. The number of hydrogen-bond acceptors (Lipinski definition) is 4. The van der Waals surface area contributed by atoms with E-state index in [0.29, 0.717) is 4.88 Å². The maximum atomic E-state index is 13.2. The molecule has 3 N–H and O–H groups in total. The number of carbonyl (C=O) groups excluding carboxylic acids is 1. The summed E-state index contributed by atoms with van der Waals surface area (Å²) in [5.41, 5.74) is 6.91. The second-order valence-corrected chi connectivity index (χ2v) is 7.94. The first-order valence-electron chi connectivity index (χ1n) is 8.95. The van der Waals surface area contributed by atoms with E-state index >= 15 is 0 Å². The maximum Gasteiger partial charge on any atom is 0.416 e. The lowest BCUT2D eigenvalue weighted by Crippen LogP contribution is -2.41. The second-order valence-electron chi connectivity index (χ2n) is 6.69. The summed E-state index contributed by atoms with van der Waals surface area (Å²) in [6, 6.07) is 8.34. The molecular weight excluding hydrogens is 401 g/mol. The minimum atomic E-state index is -4.46. The lowest BCUT2D eigenvalue weighted by atomic mass is 9.99. The molecule has 1 amide bonds. The molecule has 0 saturated heterocycles. The van der Waals surface area contributed by atoms with E-state index in [1.807, 2.05) is 20.0 Å². The number of amides is 1. The summed E-state index contributed by atoms with van der Waals surface area (Å²) in [6.07, 6.45) is -2.78. The number of halogens is 3. The van der Waals surface area contributed by atoms with Crippen molar-refractivity contribution < 1.29 is 18.0 Å². The van der Waals surface area contributed by atoms with Gasteiger partial charge >= 0.3 is 6.18 Å². The fourth-order valence-electron chi connectivity index (χ4n) is 3.18. The van der Waals surface area contributed by atoms with Crippen LogP contribution in [-0.2, 0) is 19.6 Å². The third kappa shape index (κ3) is 4.68. The Morgan fingerprint density at radius 3 is 2.66 bits per heavy atom. The van der Waals surface area contributed by atoms with Crippen LogP contribution in [0.25, 0.3) is 11.3 Å². The van der Waals surface area contributed by atoms with Crippen molar-refractivity contribution in [3.8, 4) is 11.3 Å². The number of nitrogens with one attached hydrogen (secondary N) is 1. The van der Waals surface area contributed by atoms with E-state index in [-0.39, 0.29) is 24.4 Å². The lowest BCUT2D eigenvalue weighted by Gasteiger charge is -2.19. The van der Waals surface area contributed by atoms with Crippen LogP contribution < -0.4 is 11.1 Å². The van der Waals surface area contributed by atoms with Crippen molar-refractivity contribution in [2.45, 2.75) is 25.6 Å². The van der Waals surface area contributed by atoms with Crippen LogP contribution in [0.2, 0.25) is 0 Å². The van der Waals surface area contributed by atoms with Gasteiger partial charge < -0.3 is 11.1 Å². The largest absolute Gasteiger partial charge is 0.416 e. The topological polar surface area (TPSA) is 72.9 Å². The summed E-state index contributed by atoms with van der Waals surface area (Å²) in [6.45, 7) is 1.93. The minimum absolute atomic E-state index is 0.00311. The molecule has 154 valence electrons. The molecule has 0 aliphatic carbocycles. The molecule has 0 spiro atoms. The van der Waals surface area contributed by atoms with E-state index in [1.165, 1.54) is 23.5 Å². The van der Waals surface area contributed by atoms with E-state index in [0.717, 1.165) is 22.2 Å². The van der Waals surface area contributed by atoms with Crippen LogP contribution in [0.5, 0.6) is 0 Å². The highest BCUT2D eigenvalue weighted by atomic mass is 32.1. The van der Waals surface area contributed by atoms with Crippen LogP contribution in [0.3, 0.4) is 0 Å². The number of carbonyl (C=O) groups is 1. The summed E-state index contributed by atoms with van der Waals surface area (Å²) in [4.78, 5) is 14.1. The van der Waals surface area contributed by atoms with Crippen molar-refractivity contribution in [3.05, 3.63) is 63.5 Å². The summed E-state index contributed by atoms with van der Waals surface area (Å²) in [5.74, 6) is -0.355. The van der Waals surface area contributed by atoms with Crippen LogP contribution in [-0.4, -0.2) is 28.3 Å². The molecular formula is C20H21F3N4OS. The number of aromatic nitrogens is 2. The van der Waals surface area contributed by atoms with Gasteiger partial charge in [0, 0.05) is 36.3 Å². The Labute approximate surface area is 170 Å². The fourth-order valence-corrected chi connectivity index (χ4v) is 4.11. The van der Waals surface area contributed by atoms with Gasteiger partial charge in [-0.15, -0.1) is 11.3 Å². The molecule has 0 radical (unpaired) electrons. The molecule has 9 heteroatoms. The Balaban J connectivity index is 1.77. The van der Waals surface area contributed by atoms with Crippen molar-refractivity contribution in [1.82, 2.24) is 15.1 Å².